The lowest BCUT2D eigenvalue weighted by Crippen LogP contribution is -2.40. The first-order valence-electron chi connectivity index (χ1n) is 12.4. The van der Waals surface area contributed by atoms with Crippen LogP contribution in [0.4, 0.5) is 19.0 Å². The summed E-state index contributed by atoms with van der Waals surface area (Å²) in [5.74, 6) is 4.33. The van der Waals surface area contributed by atoms with Crippen LogP contribution < -0.4 is 11.5 Å². The van der Waals surface area contributed by atoms with E-state index in [0.717, 1.165) is 31.4 Å². The first-order chi connectivity index (χ1) is 18.3. The highest BCUT2D eigenvalue weighted by Gasteiger charge is 2.43. The van der Waals surface area contributed by atoms with E-state index in [2.05, 4.69) is 29.0 Å². The van der Waals surface area contributed by atoms with Gasteiger partial charge in [0.25, 0.3) is 11.8 Å². The number of hydrogen-bond acceptors (Lipinski definition) is 5. The summed E-state index contributed by atoms with van der Waals surface area (Å²) in [6.45, 7) is 4.40. The second-order valence-electron chi connectivity index (χ2n) is 10.3. The van der Waals surface area contributed by atoms with E-state index in [1.807, 2.05) is 0 Å². The Morgan fingerprint density at radius 2 is 2.00 bits per heavy atom. The Labute approximate surface area is 223 Å². The number of amides is 2. The van der Waals surface area contributed by atoms with E-state index < -0.39 is 17.6 Å². The van der Waals surface area contributed by atoms with Crippen molar-refractivity contribution >= 4 is 17.6 Å². The van der Waals surface area contributed by atoms with E-state index >= 15 is 0 Å². The van der Waals surface area contributed by atoms with Gasteiger partial charge in [-0.05, 0) is 55.2 Å². The fourth-order valence-corrected chi connectivity index (χ4v) is 4.97. The fraction of sp³-hybridized carbons (Fsp3) is 0.407. The van der Waals surface area contributed by atoms with Crippen LogP contribution in [0.25, 0.3) is 11.3 Å². The quantitative estimate of drug-likeness (QED) is 0.421. The molecule has 39 heavy (non-hydrogen) atoms. The third-order valence-corrected chi connectivity index (χ3v) is 7.13. The molecule has 3 aromatic rings. The molecule has 2 amide bonds. The molecule has 12 heteroatoms. The number of halogens is 3. The van der Waals surface area contributed by atoms with E-state index in [1.54, 1.807) is 35.8 Å². The summed E-state index contributed by atoms with van der Waals surface area (Å²) >= 11 is 0. The van der Waals surface area contributed by atoms with Gasteiger partial charge in [-0.2, -0.15) is 23.4 Å². The molecule has 1 aromatic carbocycles. The number of nitrogens with two attached hydrogens (primary N) is 2. The summed E-state index contributed by atoms with van der Waals surface area (Å²) in [6.07, 6.45) is 0.884. The number of nitrogen functional groups attached to an aromatic ring is 1. The molecule has 4 N–H and O–H groups in total. The predicted molar refractivity (Wildman–Crippen MR) is 139 cm³/mol. The smallest absolute Gasteiger partial charge is 0.383 e. The topological polar surface area (TPSA) is 125 Å². The van der Waals surface area contributed by atoms with Gasteiger partial charge in [0.15, 0.2) is 0 Å². The third-order valence-electron chi connectivity index (χ3n) is 7.13. The largest absolute Gasteiger partial charge is 0.416 e. The average Bonchev–Trinajstić information content (AvgIpc) is 3.44. The monoisotopic (exact) mass is 541 g/mol. The molecule has 2 aromatic heterocycles. The second-order valence-corrected chi connectivity index (χ2v) is 10.3. The lowest BCUT2D eigenvalue weighted by molar-refractivity contribution is -0.137. The van der Waals surface area contributed by atoms with Gasteiger partial charge in [-0.1, -0.05) is 25.0 Å². The first-order valence-corrected chi connectivity index (χ1v) is 12.4. The van der Waals surface area contributed by atoms with Gasteiger partial charge in [0.2, 0.25) is 0 Å². The highest BCUT2D eigenvalue weighted by Crippen LogP contribution is 2.51. The van der Waals surface area contributed by atoms with Crippen LogP contribution in [0.2, 0.25) is 0 Å². The maximum atomic E-state index is 13.1. The first kappa shape index (κ1) is 27.8. The Hall–Kier alpha value is -4.27. The fourth-order valence-electron chi connectivity index (χ4n) is 4.97. The van der Waals surface area contributed by atoms with Crippen molar-refractivity contribution in [2.24, 2.45) is 11.1 Å². The molecule has 1 fully saturated rings. The minimum atomic E-state index is -4.44. The van der Waals surface area contributed by atoms with Crippen LogP contribution in [0.5, 0.6) is 0 Å². The lowest BCUT2D eigenvalue weighted by Gasteiger charge is -2.46. The Bertz CT molecular complexity index is 1460. The van der Waals surface area contributed by atoms with Gasteiger partial charge < -0.3 is 16.4 Å². The SMILES string of the molecule is CC#CC(=O)N(C)CCC1(C)CC(n2nc(-c3cnn(Cc4cccc(C(F)(F)F)c4)c3)c(C(N)=O)c2N)C1. The van der Waals surface area contributed by atoms with Crippen LogP contribution in [0.1, 0.15) is 60.6 Å². The summed E-state index contributed by atoms with van der Waals surface area (Å²) in [6, 6.07) is 4.95. The predicted octanol–water partition coefficient (Wildman–Crippen LogP) is 3.71. The minimum absolute atomic E-state index is 0.0415. The number of primary amides is 1. The molecule has 2 heterocycles. The number of nitrogens with zero attached hydrogens (tertiary/aromatic N) is 5. The molecule has 206 valence electrons. The third kappa shape index (κ3) is 5.92. The standard InChI is InChI=1S/C27H30F3N7O2/c1-4-6-21(38)35(3)10-9-26(2)12-20(13-26)37-24(31)22(25(32)39)23(34-37)18-14-33-36(16-18)15-17-7-5-8-19(11-17)27(28,29)30/h5,7-8,11,14,16,20H,9-10,12-13,15,31H2,1-3H3,(H2,32,39). The number of carbonyl (C=O) groups is 2. The van der Waals surface area contributed by atoms with Gasteiger partial charge in [-0.25, -0.2) is 4.68 Å². The summed E-state index contributed by atoms with van der Waals surface area (Å²) in [7, 11) is 1.72. The Morgan fingerprint density at radius 3 is 2.64 bits per heavy atom. The van der Waals surface area contributed by atoms with E-state index in [1.165, 1.54) is 16.9 Å². The van der Waals surface area contributed by atoms with Gasteiger partial charge in [0, 0.05) is 25.4 Å². The summed E-state index contributed by atoms with van der Waals surface area (Å²) in [5, 5.41) is 8.85. The van der Waals surface area contributed by atoms with Crippen molar-refractivity contribution in [1.29, 1.82) is 0 Å². The van der Waals surface area contributed by atoms with E-state index in [9.17, 15) is 22.8 Å². The van der Waals surface area contributed by atoms with Crippen molar-refractivity contribution in [3.63, 3.8) is 0 Å². The molecule has 0 atom stereocenters. The zero-order chi connectivity index (χ0) is 28.5. The summed E-state index contributed by atoms with van der Waals surface area (Å²) in [4.78, 5) is 25.8. The number of aromatic nitrogens is 4. The second kappa shape index (κ2) is 10.5. The van der Waals surface area contributed by atoms with Gasteiger partial charge in [-0.3, -0.25) is 14.3 Å². The molecule has 1 aliphatic rings. The lowest BCUT2D eigenvalue weighted by atomic mass is 9.65. The normalized spacial score (nSPS) is 18.7. The van der Waals surface area contributed by atoms with Crippen LogP contribution in [0.15, 0.2) is 36.7 Å². The van der Waals surface area contributed by atoms with Crippen molar-refractivity contribution in [2.45, 2.75) is 51.9 Å². The summed E-state index contributed by atoms with van der Waals surface area (Å²) in [5.41, 5.74) is 12.4. The number of hydrogen-bond donors (Lipinski definition) is 2. The number of benzene rings is 1. The Kier molecular flexibility index (Phi) is 7.46. The molecule has 0 aliphatic heterocycles. The Balaban J connectivity index is 1.50. The molecule has 0 spiro atoms. The van der Waals surface area contributed by atoms with Crippen LogP contribution in [0, 0.1) is 17.3 Å². The number of alkyl halides is 3. The number of rotatable bonds is 8. The molecule has 0 bridgehead atoms. The molecule has 0 radical (unpaired) electrons. The van der Waals surface area contributed by atoms with Crippen molar-refractivity contribution < 1.29 is 22.8 Å². The molecule has 1 saturated carbocycles. The van der Waals surface area contributed by atoms with E-state index in [4.69, 9.17) is 11.5 Å². The van der Waals surface area contributed by atoms with Gasteiger partial charge in [0.1, 0.15) is 17.1 Å². The van der Waals surface area contributed by atoms with Crippen molar-refractivity contribution in [1.82, 2.24) is 24.5 Å². The molecule has 9 nitrogen and oxygen atoms in total. The van der Waals surface area contributed by atoms with Gasteiger partial charge in [-0.15, -0.1) is 0 Å². The molecule has 0 saturated heterocycles. The molecule has 0 unspecified atom stereocenters. The Morgan fingerprint density at radius 1 is 1.28 bits per heavy atom. The van der Waals surface area contributed by atoms with Crippen molar-refractivity contribution in [3.8, 4) is 23.1 Å². The maximum absolute atomic E-state index is 13.1. The van der Waals surface area contributed by atoms with E-state index in [0.29, 0.717) is 17.7 Å². The zero-order valence-electron chi connectivity index (χ0n) is 21.9. The van der Waals surface area contributed by atoms with Crippen LogP contribution in [0.3, 0.4) is 0 Å². The van der Waals surface area contributed by atoms with Crippen molar-refractivity contribution in [2.75, 3.05) is 19.3 Å². The number of anilines is 1. The van der Waals surface area contributed by atoms with E-state index in [-0.39, 0.29) is 41.0 Å². The highest BCUT2D eigenvalue weighted by atomic mass is 19.4. The summed E-state index contributed by atoms with van der Waals surface area (Å²) < 4.78 is 42.3. The van der Waals surface area contributed by atoms with Crippen LogP contribution in [-0.4, -0.2) is 49.9 Å². The van der Waals surface area contributed by atoms with Crippen LogP contribution >= 0.6 is 0 Å². The molecule has 4 rings (SSSR count). The minimum Gasteiger partial charge on any atom is -0.383 e. The zero-order valence-corrected chi connectivity index (χ0v) is 21.9. The number of carbonyl (C=O) groups excluding carboxylic acids is 2. The van der Waals surface area contributed by atoms with Crippen molar-refractivity contribution in [3.05, 3.63) is 53.3 Å². The highest BCUT2D eigenvalue weighted by molar-refractivity contribution is 6.03. The average molecular weight is 542 g/mol. The molecular weight excluding hydrogens is 511 g/mol. The molecular formula is C27H30F3N7O2. The maximum Gasteiger partial charge on any atom is 0.416 e. The van der Waals surface area contributed by atoms with Crippen LogP contribution in [-0.2, 0) is 17.5 Å². The van der Waals surface area contributed by atoms with Gasteiger partial charge >= 0.3 is 6.18 Å². The molecule has 1 aliphatic carbocycles. The van der Waals surface area contributed by atoms with Gasteiger partial charge in [0.05, 0.1) is 24.3 Å².